The Morgan fingerprint density at radius 2 is 0.759 bits per heavy atom. The van der Waals surface area contributed by atoms with Crippen molar-refractivity contribution in [3.63, 3.8) is 0 Å². The van der Waals surface area contributed by atoms with Crippen molar-refractivity contribution < 1.29 is 17.7 Å². The lowest BCUT2D eigenvalue weighted by atomic mass is 9.90. The van der Waals surface area contributed by atoms with E-state index in [0.717, 1.165) is 121 Å². The molecule has 250 valence electrons. The molecule has 0 saturated heterocycles. The first-order chi connectivity index (χ1) is 26.7. The molecule has 0 aliphatic rings. The van der Waals surface area contributed by atoms with E-state index in [1.54, 1.807) is 0 Å². The molecular weight excluding hydrogens is 667 g/mol. The van der Waals surface area contributed by atoms with Gasteiger partial charge in [0.25, 0.3) is 0 Å². The van der Waals surface area contributed by atoms with E-state index in [1.807, 2.05) is 91.0 Å². The van der Waals surface area contributed by atoms with Crippen molar-refractivity contribution in [1.82, 2.24) is 0 Å². The quantitative estimate of drug-likeness (QED) is 0.184. The third kappa shape index (κ3) is 4.02. The molecule has 5 nitrogen and oxygen atoms in total. The number of nitriles is 1. The van der Waals surface area contributed by atoms with Gasteiger partial charge in [0.2, 0.25) is 0 Å². The van der Waals surface area contributed by atoms with E-state index in [-0.39, 0.29) is 0 Å². The molecule has 54 heavy (non-hydrogen) atoms. The fraction of sp³-hybridized carbons (Fsp3) is 0. The van der Waals surface area contributed by atoms with Crippen LogP contribution < -0.4 is 0 Å². The third-order valence-corrected chi connectivity index (χ3v) is 10.9. The van der Waals surface area contributed by atoms with E-state index in [1.165, 1.54) is 0 Å². The lowest BCUT2D eigenvalue weighted by Gasteiger charge is -2.13. The fourth-order valence-corrected chi connectivity index (χ4v) is 8.43. The first-order valence-electron chi connectivity index (χ1n) is 17.9. The van der Waals surface area contributed by atoms with Crippen LogP contribution in [0, 0.1) is 11.3 Å². The van der Waals surface area contributed by atoms with Gasteiger partial charge in [0.05, 0.1) is 22.4 Å². The monoisotopic (exact) mass is 691 g/mol. The molecule has 0 N–H and O–H groups in total. The van der Waals surface area contributed by atoms with E-state index in [9.17, 15) is 5.26 Å². The minimum absolute atomic E-state index is 0.594. The number of para-hydroxylation sites is 4. The van der Waals surface area contributed by atoms with Gasteiger partial charge in [-0.1, -0.05) is 84.9 Å². The van der Waals surface area contributed by atoms with Gasteiger partial charge in [-0.05, 0) is 89.0 Å². The summed E-state index contributed by atoms with van der Waals surface area (Å²) < 4.78 is 26.6. The van der Waals surface area contributed by atoms with Crippen molar-refractivity contribution in [3.05, 3.63) is 157 Å². The summed E-state index contributed by atoms with van der Waals surface area (Å²) >= 11 is 0. The summed E-state index contributed by atoms with van der Waals surface area (Å²) in [6, 6.07) is 53.7. The van der Waals surface area contributed by atoms with Crippen molar-refractivity contribution >= 4 is 87.8 Å². The average Bonchev–Trinajstić information content (AvgIpc) is 4.00. The standard InChI is InChI=1S/C49H25NO4/c50-26-27-10-9-11-28(20-27)29-21-30(36-24-38-32-12-1-5-16-40(32)51-48(38)44-34-14-3-7-18-42(34)53-46(36)44)23-31(22-29)37-25-39-33-13-2-6-17-41(33)52-49(39)45-35-15-4-8-19-43(35)54-47(37)45/h1-25H. The van der Waals surface area contributed by atoms with Gasteiger partial charge in [0, 0.05) is 43.4 Å². The maximum Gasteiger partial charge on any atom is 0.147 e. The first kappa shape index (κ1) is 29.1. The van der Waals surface area contributed by atoms with Crippen molar-refractivity contribution in [1.29, 1.82) is 5.26 Å². The van der Waals surface area contributed by atoms with Crippen LogP contribution in [0.2, 0.25) is 0 Å². The number of benzene rings is 8. The predicted octanol–water partition coefficient (Wildman–Crippen LogP) is 14.2. The van der Waals surface area contributed by atoms with Gasteiger partial charge in [-0.25, -0.2) is 0 Å². The van der Waals surface area contributed by atoms with Crippen molar-refractivity contribution in [3.8, 4) is 39.4 Å². The van der Waals surface area contributed by atoms with Crippen LogP contribution in [0.4, 0.5) is 0 Å². The largest absolute Gasteiger partial charge is 0.455 e. The van der Waals surface area contributed by atoms with Crippen LogP contribution in [-0.2, 0) is 0 Å². The van der Waals surface area contributed by atoms with Gasteiger partial charge in [-0.3, -0.25) is 0 Å². The van der Waals surface area contributed by atoms with Crippen LogP contribution >= 0.6 is 0 Å². The van der Waals surface area contributed by atoms with Gasteiger partial charge < -0.3 is 17.7 Å². The molecule has 0 atom stereocenters. The fourth-order valence-electron chi connectivity index (χ4n) is 8.43. The van der Waals surface area contributed by atoms with E-state index in [4.69, 9.17) is 17.7 Å². The lowest BCUT2D eigenvalue weighted by molar-refractivity contribution is 0.663. The summed E-state index contributed by atoms with van der Waals surface area (Å²) in [4.78, 5) is 0. The van der Waals surface area contributed by atoms with Gasteiger partial charge in [0.1, 0.15) is 44.7 Å². The molecule has 12 rings (SSSR count). The van der Waals surface area contributed by atoms with Crippen molar-refractivity contribution in [2.45, 2.75) is 0 Å². The summed E-state index contributed by atoms with van der Waals surface area (Å²) in [5.41, 5.74) is 12.6. The molecule has 0 fully saturated rings. The highest BCUT2D eigenvalue weighted by atomic mass is 16.4. The van der Waals surface area contributed by atoms with Crippen LogP contribution in [0.5, 0.6) is 0 Å². The van der Waals surface area contributed by atoms with Gasteiger partial charge in [-0.15, -0.1) is 0 Å². The minimum atomic E-state index is 0.594. The van der Waals surface area contributed by atoms with Crippen LogP contribution in [0.1, 0.15) is 5.56 Å². The van der Waals surface area contributed by atoms with E-state index < -0.39 is 0 Å². The molecular formula is C49H25NO4. The maximum absolute atomic E-state index is 9.89. The Morgan fingerprint density at radius 3 is 1.26 bits per heavy atom. The molecule has 12 aromatic rings. The Labute approximate surface area is 306 Å². The predicted molar refractivity (Wildman–Crippen MR) is 217 cm³/mol. The maximum atomic E-state index is 9.89. The highest BCUT2D eigenvalue weighted by Crippen LogP contribution is 2.48. The number of fused-ring (bicyclic) bond motifs is 14. The van der Waals surface area contributed by atoms with Crippen molar-refractivity contribution in [2.24, 2.45) is 0 Å². The molecule has 0 radical (unpaired) electrons. The number of nitrogens with zero attached hydrogens (tertiary/aromatic N) is 1. The molecule has 4 aromatic heterocycles. The summed E-state index contributed by atoms with van der Waals surface area (Å²) in [5.74, 6) is 0. The number of hydrogen-bond donors (Lipinski definition) is 0. The van der Waals surface area contributed by atoms with Gasteiger partial charge in [0.15, 0.2) is 0 Å². The smallest absolute Gasteiger partial charge is 0.147 e. The van der Waals surface area contributed by atoms with Crippen LogP contribution in [0.25, 0.3) is 121 Å². The molecule has 0 unspecified atom stereocenters. The summed E-state index contributed by atoms with van der Waals surface area (Å²) in [6.45, 7) is 0. The van der Waals surface area contributed by atoms with E-state index in [0.29, 0.717) is 5.56 Å². The Kier molecular flexibility index (Phi) is 5.78. The molecule has 0 aliphatic heterocycles. The molecule has 0 aliphatic carbocycles. The number of hydrogen-bond acceptors (Lipinski definition) is 5. The van der Waals surface area contributed by atoms with Gasteiger partial charge >= 0.3 is 0 Å². The Hall–Kier alpha value is -7.55. The molecule has 0 amide bonds. The minimum Gasteiger partial charge on any atom is -0.455 e. The van der Waals surface area contributed by atoms with Crippen LogP contribution in [0.3, 0.4) is 0 Å². The second-order valence-corrected chi connectivity index (χ2v) is 13.9. The second-order valence-electron chi connectivity index (χ2n) is 13.9. The van der Waals surface area contributed by atoms with Crippen LogP contribution in [-0.4, -0.2) is 0 Å². The Bertz CT molecular complexity index is 3380. The molecule has 4 heterocycles. The zero-order valence-corrected chi connectivity index (χ0v) is 28.5. The second kappa shape index (κ2) is 10.7. The first-order valence-corrected chi connectivity index (χ1v) is 17.9. The molecule has 0 bridgehead atoms. The Balaban J connectivity index is 1.23. The normalized spacial score (nSPS) is 12.1. The number of furan rings is 4. The number of rotatable bonds is 3. The Morgan fingerprint density at radius 1 is 0.333 bits per heavy atom. The van der Waals surface area contributed by atoms with Gasteiger partial charge in [-0.2, -0.15) is 5.26 Å². The highest BCUT2D eigenvalue weighted by Gasteiger charge is 2.24. The van der Waals surface area contributed by atoms with E-state index >= 15 is 0 Å². The molecule has 0 saturated carbocycles. The highest BCUT2D eigenvalue weighted by molar-refractivity contribution is 6.27. The molecule has 0 spiro atoms. The SMILES string of the molecule is N#Cc1cccc(-c2cc(-c3cc4c5ccccc5oc4c4c3oc3ccccc34)cc(-c3cc4c5ccccc5oc4c4c3oc3ccccc34)c2)c1. The zero-order chi connectivity index (χ0) is 35.5. The molecule has 8 aromatic carbocycles. The van der Waals surface area contributed by atoms with Crippen molar-refractivity contribution in [2.75, 3.05) is 0 Å². The molecule has 5 heteroatoms. The summed E-state index contributed by atoms with van der Waals surface area (Å²) in [7, 11) is 0. The third-order valence-electron chi connectivity index (χ3n) is 10.9. The average molecular weight is 692 g/mol. The summed E-state index contributed by atoms with van der Waals surface area (Å²) in [5, 5.41) is 17.9. The summed E-state index contributed by atoms with van der Waals surface area (Å²) in [6.07, 6.45) is 0. The topological polar surface area (TPSA) is 76.3 Å². The zero-order valence-electron chi connectivity index (χ0n) is 28.5. The van der Waals surface area contributed by atoms with Crippen LogP contribution in [0.15, 0.2) is 169 Å². The van der Waals surface area contributed by atoms with E-state index in [2.05, 4.69) is 66.7 Å². The lowest BCUT2D eigenvalue weighted by Crippen LogP contribution is -1.89.